The van der Waals surface area contributed by atoms with Gasteiger partial charge in [-0.2, -0.15) is 0 Å². The first-order chi connectivity index (χ1) is 6.72. The monoisotopic (exact) mass is 201 g/mol. The van der Waals surface area contributed by atoms with Gasteiger partial charge in [0.15, 0.2) is 0 Å². The minimum absolute atomic E-state index is 0.410. The predicted molar refractivity (Wildman–Crippen MR) is 57.8 cm³/mol. The molecule has 3 N–H and O–H groups in total. The lowest BCUT2D eigenvalue weighted by Crippen LogP contribution is -2.43. The third kappa shape index (κ3) is 4.37. The summed E-state index contributed by atoms with van der Waals surface area (Å²) in [5.74, 6) is 6.31. The molecule has 84 valence electrons. The van der Waals surface area contributed by atoms with Crippen LogP contribution in [-0.2, 0) is 4.74 Å². The van der Waals surface area contributed by atoms with Gasteiger partial charge in [0.25, 0.3) is 0 Å². The van der Waals surface area contributed by atoms with Crippen LogP contribution in [0.5, 0.6) is 0 Å². The van der Waals surface area contributed by atoms with Gasteiger partial charge in [-0.15, -0.1) is 0 Å². The Morgan fingerprint density at radius 3 is 2.57 bits per heavy atom. The lowest BCUT2D eigenvalue weighted by Gasteiger charge is -2.27. The van der Waals surface area contributed by atoms with E-state index in [9.17, 15) is 0 Å². The molecular weight excluding hydrogens is 178 g/mol. The fourth-order valence-corrected chi connectivity index (χ4v) is 2.02. The molecule has 0 amide bonds. The Balaban J connectivity index is 2.23. The zero-order valence-corrected chi connectivity index (χ0v) is 9.33. The van der Waals surface area contributed by atoms with Crippen LogP contribution in [0.2, 0.25) is 0 Å². The second kappa shape index (κ2) is 6.35. The standard InChI is InChI=1S/C10H23N3O/c1-13(2)8-10(12-11)7-9-3-5-14-6-4-9/h9-10,12H,3-8,11H2,1-2H3. The van der Waals surface area contributed by atoms with Crippen molar-refractivity contribution in [2.75, 3.05) is 33.9 Å². The summed E-state index contributed by atoms with van der Waals surface area (Å²) in [6, 6.07) is 0.410. The number of likely N-dealkylation sites (N-methyl/N-ethyl adjacent to an activating group) is 1. The fourth-order valence-electron chi connectivity index (χ4n) is 2.02. The molecule has 1 atom stereocenters. The summed E-state index contributed by atoms with van der Waals surface area (Å²) in [5.41, 5.74) is 2.90. The van der Waals surface area contributed by atoms with Crippen molar-refractivity contribution in [3.8, 4) is 0 Å². The Labute approximate surface area is 86.8 Å². The molecule has 1 aliphatic heterocycles. The van der Waals surface area contributed by atoms with Crippen LogP contribution in [0.15, 0.2) is 0 Å². The highest BCUT2D eigenvalue weighted by Crippen LogP contribution is 2.19. The van der Waals surface area contributed by atoms with E-state index in [-0.39, 0.29) is 0 Å². The summed E-state index contributed by atoms with van der Waals surface area (Å²) in [6.45, 7) is 2.85. The van der Waals surface area contributed by atoms with Crippen molar-refractivity contribution in [1.82, 2.24) is 10.3 Å². The maximum absolute atomic E-state index is 5.53. The first-order valence-electron chi connectivity index (χ1n) is 5.41. The van der Waals surface area contributed by atoms with E-state index in [1.165, 1.54) is 12.8 Å². The fraction of sp³-hybridized carbons (Fsp3) is 1.00. The van der Waals surface area contributed by atoms with Crippen LogP contribution in [-0.4, -0.2) is 44.8 Å². The van der Waals surface area contributed by atoms with Gasteiger partial charge in [-0.3, -0.25) is 11.3 Å². The summed E-state index contributed by atoms with van der Waals surface area (Å²) < 4.78 is 5.33. The van der Waals surface area contributed by atoms with E-state index in [1.54, 1.807) is 0 Å². The van der Waals surface area contributed by atoms with Crippen LogP contribution in [0.3, 0.4) is 0 Å². The van der Waals surface area contributed by atoms with Crippen molar-refractivity contribution >= 4 is 0 Å². The lowest BCUT2D eigenvalue weighted by molar-refractivity contribution is 0.0594. The van der Waals surface area contributed by atoms with Gasteiger partial charge in [0.1, 0.15) is 0 Å². The summed E-state index contributed by atoms with van der Waals surface area (Å²) in [6.07, 6.45) is 3.54. The molecule has 0 aromatic heterocycles. The third-order valence-corrected chi connectivity index (χ3v) is 2.78. The first-order valence-corrected chi connectivity index (χ1v) is 5.41. The number of nitrogens with two attached hydrogens (primary N) is 1. The van der Waals surface area contributed by atoms with Gasteiger partial charge in [-0.05, 0) is 39.3 Å². The maximum atomic E-state index is 5.53. The van der Waals surface area contributed by atoms with Gasteiger partial charge in [0.2, 0.25) is 0 Å². The van der Waals surface area contributed by atoms with E-state index in [0.29, 0.717) is 6.04 Å². The first kappa shape index (κ1) is 11.9. The third-order valence-electron chi connectivity index (χ3n) is 2.78. The van der Waals surface area contributed by atoms with Crippen LogP contribution in [0, 0.1) is 5.92 Å². The second-order valence-electron chi connectivity index (χ2n) is 4.42. The van der Waals surface area contributed by atoms with Crippen LogP contribution in [0.1, 0.15) is 19.3 Å². The highest BCUT2D eigenvalue weighted by atomic mass is 16.5. The Bertz CT molecular complexity index is 146. The van der Waals surface area contributed by atoms with Crippen LogP contribution < -0.4 is 11.3 Å². The maximum Gasteiger partial charge on any atom is 0.0468 e. The predicted octanol–water partition coefficient (Wildman–Crippen LogP) is 0.197. The van der Waals surface area contributed by atoms with Crippen LogP contribution >= 0.6 is 0 Å². The number of nitrogens with one attached hydrogen (secondary N) is 1. The van der Waals surface area contributed by atoms with Crippen molar-refractivity contribution in [2.45, 2.75) is 25.3 Å². The van der Waals surface area contributed by atoms with E-state index in [4.69, 9.17) is 10.6 Å². The molecule has 1 unspecified atom stereocenters. The number of hydrogen-bond acceptors (Lipinski definition) is 4. The molecular formula is C10H23N3O. The van der Waals surface area contributed by atoms with Crippen molar-refractivity contribution in [3.05, 3.63) is 0 Å². The van der Waals surface area contributed by atoms with Gasteiger partial charge in [-0.25, -0.2) is 0 Å². The lowest BCUT2D eigenvalue weighted by atomic mass is 9.92. The van der Waals surface area contributed by atoms with Gasteiger partial charge in [0, 0.05) is 25.8 Å². The smallest absolute Gasteiger partial charge is 0.0468 e. The topological polar surface area (TPSA) is 50.5 Å². The zero-order chi connectivity index (χ0) is 10.4. The highest BCUT2D eigenvalue weighted by Gasteiger charge is 2.18. The second-order valence-corrected chi connectivity index (χ2v) is 4.42. The molecule has 14 heavy (non-hydrogen) atoms. The molecule has 0 aliphatic carbocycles. The van der Waals surface area contributed by atoms with E-state index in [0.717, 1.165) is 32.1 Å². The van der Waals surface area contributed by atoms with Gasteiger partial charge in [-0.1, -0.05) is 0 Å². The average molecular weight is 201 g/mol. The van der Waals surface area contributed by atoms with Gasteiger partial charge < -0.3 is 9.64 Å². The van der Waals surface area contributed by atoms with Crippen molar-refractivity contribution < 1.29 is 4.74 Å². The molecule has 0 bridgehead atoms. The van der Waals surface area contributed by atoms with E-state index >= 15 is 0 Å². The van der Waals surface area contributed by atoms with E-state index < -0.39 is 0 Å². The minimum atomic E-state index is 0.410. The Morgan fingerprint density at radius 1 is 1.43 bits per heavy atom. The number of hydrogen-bond donors (Lipinski definition) is 2. The van der Waals surface area contributed by atoms with Crippen molar-refractivity contribution in [3.63, 3.8) is 0 Å². The largest absolute Gasteiger partial charge is 0.381 e. The van der Waals surface area contributed by atoms with E-state index in [1.807, 2.05) is 0 Å². The molecule has 1 rings (SSSR count). The number of ether oxygens (including phenoxy) is 1. The molecule has 0 spiro atoms. The molecule has 4 nitrogen and oxygen atoms in total. The molecule has 4 heteroatoms. The van der Waals surface area contributed by atoms with Crippen LogP contribution in [0.25, 0.3) is 0 Å². The summed E-state index contributed by atoms with van der Waals surface area (Å²) in [4.78, 5) is 2.17. The quantitative estimate of drug-likeness (QED) is 0.493. The summed E-state index contributed by atoms with van der Waals surface area (Å²) >= 11 is 0. The molecule has 1 heterocycles. The Kier molecular flexibility index (Phi) is 5.40. The summed E-state index contributed by atoms with van der Waals surface area (Å²) in [5, 5.41) is 0. The molecule has 0 radical (unpaired) electrons. The van der Waals surface area contributed by atoms with Crippen molar-refractivity contribution in [2.24, 2.45) is 11.8 Å². The molecule has 1 aliphatic rings. The van der Waals surface area contributed by atoms with Crippen LogP contribution in [0.4, 0.5) is 0 Å². The molecule has 0 aromatic rings. The van der Waals surface area contributed by atoms with E-state index in [2.05, 4.69) is 24.4 Å². The molecule has 1 fully saturated rings. The minimum Gasteiger partial charge on any atom is -0.381 e. The van der Waals surface area contributed by atoms with Crippen molar-refractivity contribution in [1.29, 1.82) is 0 Å². The molecule has 1 saturated heterocycles. The zero-order valence-electron chi connectivity index (χ0n) is 9.33. The summed E-state index contributed by atoms with van der Waals surface area (Å²) in [7, 11) is 4.16. The molecule has 0 aromatic carbocycles. The number of hydrazine groups is 1. The van der Waals surface area contributed by atoms with Gasteiger partial charge >= 0.3 is 0 Å². The van der Waals surface area contributed by atoms with Gasteiger partial charge in [0.05, 0.1) is 0 Å². The molecule has 0 saturated carbocycles. The highest BCUT2D eigenvalue weighted by molar-refractivity contribution is 4.73. The number of nitrogens with zero attached hydrogens (tertiary/aromatic N) is 1. The Hall–Kier alpha value is -0.160. The average Bonchev–Trinajstić information content (AvgIpc) is 2.17. The Morgan fingerprint density at radius 2 is 2.07 bits per heavy atom. The normalized spacial score (nSPS) is 21.4. The SMILES string of the molecule is CN(C)CC(CC1CCOCC1)NN. The number of rotatable bonds is 5.